The molecule has 0 saturated carbocycles. The number of carboxylic acids is 1. The van der Waals surface area contributed by atoms with Crippen molar-refractivity contribution in [1.82, 2.24) is 0 Å². The summed E-state index contributed by atoms with van der Waals surface area (Å²) in [7, 11) is 1.20. The number of carboxylic acid groups (broad SMARTS) is 1. The Morgan fingerprint density at radius 3 is 2.59 bits per heavy atom. The molecule has 1 aromatic carbocycles. The highest BCUT2D eigenvalue weighted by Gasteiger charge is 2.18. The zero-order valence-corrected chi connectivity index (χ0v) is 9.27. The number of carbonyl (C=O) groups is 2. The third kappa shape index (κ3) is 2.63. The van der Waals surface area contributed by atoms with Crippen molar-refractivity contribution in [3.63, 3.8) is 0 Å². The molecular weight excluding hydrogens is 224 g/mol. The van der Waals surface area contributed by atoms with Gasteiger partial charge in [-0.1, -0.05) is 6.08 Å². The molecule has 0 aliphatic carbocycles. The number of phenols is 1. The molecule has 0 heterocycles. The topological polar surface area (TPSA) is 83.8 Å². The molecule has 0 radical (unpaired) electrons. The molecule has 0 saturated heterocycles. The Morgan fingerprint density at radius 1 is 1.47 bits per heavy atom. The first-order valence-electron chi connectivity index (χ1n) is 4.79. The summed E-state index contributed by atoms with van der Waals surface area (Å²) in [5.41, 5.74) is 0.0737. The van der Waals surface area contributed by atoms with Gasteiger partial charge in [-0.05, 0) is 24.1 Å². The minimum atomic E-state index is -1.31. The van der Waals surface area contributed by atoms with Crippen LogP contribution in [0, 0.1) is 0 Å². The number of carbonyl (C=O) groups excluding carboxylic acids is 1. The lowest BCUT2D eigenvalue weighted by Gasteiger charge is -2.08. The summed E-state index contributed by atoms with van der Waals surface area (Å²) < 4.78 is 4.50. The summed E-state index contributed by atoms with van der Waals surface area (Å²) in [5, 5.41) is 18.6. The molecule has 17 heavy (non-hydrogen) atoms. The maximum Gasteiger partial charge on any atom is 0.339 e. The van der Waals surface area contributed by atoms with E-state index in [-0.39, 0.29) is 23.3 Å². The van der Waals surface area contributed by atoms with E-state index in [1.807, 2.05) is 0 Å². The monoisotopic (exact) mass is 236 g/mol. The number of aromatic hydroxyl groups is 1. The van der Waals surface area contributed by atoms with E-state index < -0.39 is 11.9 Å². The quantitative estimate of drug-likeness (QED) is 0.612. The van der Waals surface area contributed by atoms with Crippen molar-refractivity contribution in [1.29, 1.82) is 0 Å². The number of methoxy groups -OCH3 is 1. The molecule has 0 fully saturated rings. The average Bonchev–Trinajstić information content (AvgIpc) is 2.30. The maximum absolute atomic E-state index is 11.3. The van der Waals surface area contributed by atoms with E-state index in [0.29, 0.717) is 5.56 Å². The van der Waals surface area contributed by atoms with E-state index in [1.165, 1.54) is 19.3 Å². The third-order valence-corrected chi connectivity index (χ3v) is 2.20. The van der Waals surface area contributed by atoms with Gasteiger partial charge in [-0.3, -0.25) is 0 Å². The second-order valence-electron chi connectivity index (χ2n) is 3.32. The number of aromatic carboxylic acids is 1. The lowest BCUT2D eigenvalue weighted by atomic mass is 10.0. The Kier molecular flexibility index (Phi) is 3.87. The van der Waals surface area contributed by atoms with Crippen molar-refractivity contribution in [2.75, 3.05) is 7.11 Å². The minimum absolute atomic E-state index is 0.0829. The summed E-state index contributed by atoms with van der Waals surface area (Å²) in [6, 6.07) is 2.46. The fourth-order valence-electron chi connectivity index (χ4n) is 1.40. The molecule has 0 atom stereocenters. The number of hydrogen-bond acceptors (Lipinski definition) is 4. The van der Waals surface area contributed by atoms with Crippen LogP contribution in [0.25, 0.3) is 0 Å². The van der Waals surface area contributed by atoms with Crippen molar-refractivity contribution in [2.24, 2.45) is 0 Å². The van der Waals surface area contributed by atoms with Crippen LogP contribution in [0.2, 0.25) is 0 Å². The Labute approximate surface area is 98.0 Å². The molecule has 0 aliphatic heterocycles. The molecule has 0 amide bonds. The predicted molar refractivity (Wildman–Crippen MR) is 60.3 cm³/mol. The molecule has 5 heteroatoms. The molecule has 0 bridgehead atoms. The Morgan fingerprint density at radius 2 is 2.12 bits per heavy atom. The van der Waals surface area contributed by atoms with Crippen LogP contribution in [0.15, 0.2) is 24.8 Å². The fourth-order valence-corrected chi connectivity index (χ4v) is 1.40. The van der Waals surface area contributed by atoms with Gasteiger partial charge in [-0.25, -0.2) is 9.59 Å². The number of esters is 1. The van der Waals surface area contributed by atoms with E-state index in [1.54, 1.807) is 0 Å². The number of benzene rings is 1. The van der Waals surface area contributed by atoms with Gasteiger partial charge >= 0.3 is 11.9 Å². The van der Waals surface area contributed by atoms with Gasteiger partial charge in [0.2, 0.25) is 0 Å². The second-order valence-corrected chi connectivity index (χ2v) is 3.32. The normalized spacial score (nSPS) is 9.71. The van der Waals surface area contributed by atoms with Crippen LogP contribution in [0.3, 0.4) is 0 Å². The SMILES string of the molecule is C=CCc1cc(C(=O)OC)cc(C(=O)O)c1O. The van der Waals surface area contributed by atoms with E-state index in [0.717, 1.165) is 6.07 Å². The summed E-state index contributed by atoms with van der Waals surface area (Å²) in [4.78, 5) is 22.2. The highest BCUT2D eigenvalue weighted by atomic mass is 16.5. The van der Waals surface area contributed by atoms with E-state index in [9.17, 15) is 14.7 Å². The fraction of sp³-hybridized carbons (Fsp3) is 0.167. The lowest BCUT2D eigenvalue weighted by Crippen LogP contribution is -2.07. The van der Waals surface area contributed by atoms with Gasteiger partial charge in [0.25, 0.3) is 0 Å². The van der Waals surface area contributed by atoms with Crippen LogP contribution in [-0.2, 0) is 11.2 Å². The van der Waals surface area contributed by atoms with Crippen molar-refractivity contribution < 1.29 is 24.5 Å². The second kappa shape index (κ2) is 5.16. The van der Waals surface area contributed by atoms with Crippen molar-refractivity contribution in [3.8, 4) is 5.75 Å². The van der Waals surface area contributed by atoms with Crippen LogP contribution < -0.4 is 0 Å². The third-order valence-electron chi connectivity index (χ3n) is 2.20. The molecule has 1 aromatic rings. The smallest absolute Gasteiger partial charge is 0.339 e. The van der Waals surface area contributed by atoms with Gasteiger partial charge in [-0.2, -0.15) is 0 Å². The molecule has 2 N–H and O–H groups in total. The van der Waals surface area contributed by atoms with Crippen LogP contribution in [0.1, 0.15) is 26.3 Å². The first-order valence-corrected chi connectivity index (χ1v) is 4.79. The van der Waals surface area contributed by atoms with E-state index >= 15 is 0 Å². The molecule has 5 nitrogen and oxygen atoms in total. The highest BCUT2D eigenvalue weighted by Crippen LogP contribution is 2.26. The van der Waals surface area contributed by atoms with Crippen LogP contribution >= 0.6 is 0 Å². The van der Waals surface area contributed by atoms with Crippen LogP contribution in [0.5, 0.6) is 5.75 Å². The summed E-state index contributed by atoms with van der Waals surface area (Å²) in [6.45, 7) is 3.49. The average molecular weight is 236 g/mol. The maximum atomic E-state index is 11.3. The van der Waals surface area contributed by atoms with Gasteiger partial charge in [0.05, 0.1) is 12.7 Å². The van der Waals surface area contributed by atoms with Crippen LogP contribution in [0.4, 0.5) is 0 Å². The zero-order chi connectivity index (χ0) is 13.0. The standard InChI is InChI=1S/C12H12O5/c1-3-4-7-5-8(12(16)17-2)6-9(10(7)13)11(14)15/h3,5-6,13H,1,4H2,2H3,(H,14,15). The van der Waals surface area contributed by atoms with Crippen molar-refractivity contribution >= 4 is 11.9 Å². The van der Waals surface area contributed by atoms with E-state index in [4.69, 9.17) is 5.11 Å². The zero-order valence-electron chi connectivity index (χ0n) is 9.27. The highest BCUT2D eigenvalue weighted by molar-refractivity contribution is 5.97. The summed E-state index contributed by atoms with van der Waals surface area (Å²) >= 11 is 0. The molecule has 0 unspecified atom stereocenters. The van der Waals surface area contributed by atoms with Gasteiger partial charge in [0.1, 0.15) is 11.3 Å². The minimum Gasteiger partial charge on any atom is -0.507 e. The van der Waals surface area contributed by atoms with E-state index in [2.05, 4.69) is 11.3 Å². The molecule has 1 rings (SSSR count). The number of rotatable bonds is 4. The number of hydrogen-bond donors (Lipinski definition) is 2. The van der Waals surface area contributed by atoms with Gasteiger partial charge < -0.3 is 14.9 Å². The predicted octanol–water partition coefficient (Wildman–Crippen LogP) is 1.61. The Balaban J connectivity index is 3.40. The molecule has 90 valence electrons. The van der Waals surface area contributed by atoms with Gasteiger partial charge in [0.15, 0.2) is 0 Å². The number of allylic oxidation sites excluding steroid dienone is 1. The summed E-state index contributed by atoms with van der Waals surface area (Å²) in [5.74, 6) is -2.32. The van der Waals surface area contributed by atoms with Crippen molar-refractivity contribution in [2.45, 2.75) is 6.42 Å². The summed E-state index contributed by atoms with van der Waals surface area (Å²) in [6.07, 6.45) is 1.76. The molecule has 0 spiro atoms. The largest absolute Gasteiger partial charge is 0.507 e. The van der Waals surface area contributed by atoms with Gasteiger partial charge in [0, 0.05) is 0 Å². The molecular formula is C12H12O5. The first-order chi connectivity index (χ1) is 8.01. The van der Waals surface area contributed by atoms with Gasteiger partial charge in [-0.15, -0.1) is 6.58 Å². The Bertz CT molecular complexity index is 476. The van der Waals surface area contributed by atoms with Crippen LogP contribution in [-0.4, -0.2) is 29.3 Å². The van der Waals surface area contributed by atoms with Crippen molar-refractivity contribution in [3.05, 3.63) is 41.5 Å². The first kappa shape index (κ1) is 12.8. The molecule has 0 aliphatic rings. The molecule has 0 aromatic heterocycles. The lowest BCUT2D eigenvalue weighted by molar-refractivity contribution is 0.0600. The number of ether oxygens (including phenoxy) is 1. The Hall–Kier alpha value is -2.30.